The van der Waals surface area contributed by atoms with Crippen molar-refractivity contribution in [3.05, 3.63) is 64.1 Å². The fourth-order valence-corrected chi connectivity index (χ4v) is 2.45. The van der Waals surface area contributed by atoms with Gasteiger partial charge in [-0.1, -0.05) is 15.9 Å². The van der Waals surface area contributed by atoms with Gasteiger partial charge in [-0.2, -0.15) is 0 Å². The summed E-state index contributed by atoms with van der Waals surface area (Å²) < 4.78 is 0.895. The van der Waals surface area contributed by atoms with Gasteiger partial charge in [0.1, 0.15) is 0 Å². The number of benzene rings is 2. The van der Waals surface area contributed by atoms with Crippen LogP contribution in [-0.4, -0.2) is 30.8 Å². The standard InChI is InChI=1S/C19H20BrN3O3/c1-2-21-18(25)14-5-9-16(10-6-14)23-17(24)11-12-22-19(26)13-3-7-15(20)8-4-13/h3-10H,2,11-12H2,1H3,(H,21,25)(H,22,26)(H,23,24). The molecule has 0 aromatic heterocycles. The number of hydrogen-bond acceptors (Lipinski definition) is 3. The highest BCUT2D eigenvalue weighted by molar-refractivity contribution is 9.10. The summed E-state index contributed by atoms with van der Waals surface area (Å²) in [5.74, 6) is -0.593. The van der Waals surface area contributed by atoms with E-state index in [1.165, 1.54) is 0 Å². The maximum atomic E-state index is 12.0. The Hall–Kier alpha value is -2.67. The van der Waals surface area contributed by atoms with Crippen LogP contribution in [0.1, 0.15) is 34.1 Å². The lowest BCUT2D eigenvalue weighted by Crippen LogP contribution is -2.27. The number of amides is 3. The first-order valence-corrected chi connectivity index (χ1v) is 9.00. The van der Waals surface area contributed by atoms with Crippen LogP contribution in [0.4, 0.5) is 5.69 Å². The van der Waals surface area contributed by atoms with E-state index >= 15 is 0 Å². The van der Waals surface area contributed by atoms with Crippen LogP contribution < -0.4 is 16.0 Å². The lowest BCUT2D eigenvalue weighted by molar-refractivity contribution is -0.116. The number of carbonyl (C=O) groups is 3. The Morgan fingerprint density at radius 1 is 0.846 bits per heavy atom. The molecule has 2 rings (SSSR count). The van der Waals surface area contributed by atoms with Gasteiger partial charge in [0.15, 0.2) is 0 Å². The van der Waals surface area contributed by atoms with Crippen molar-refractivity contribution in [1.29, 1.82) is 0 Å². The number of hydrogen-bond donors (Lipinski definition) is 3. The summed E-state index contributed by atoms with van der Waals surface area (Å²) in [6.45, 7) is 2.64. The van der Waals surface area contributed by atoms with Crippen LogP contribution in [0, 0.1) is 0 Å². The van der Waals surface area contributed by atoms with Gasteiger partial charge < -0.3 is 16.0 Å². The summed E-state index contributed by atoms with van der Waals surface area (Å²) in [7, 11) is 0. The van der Waals surface area contributed by atoms with Crippen LogP contribution in [0.15, 0.2) is 53.0 Å². The van der Waals surface area contributed by atoms with E-state index in [2.05, 4.69) is 31.9 Å². The Kier molecular flexibility index (Phi) is 7.35. The zero-order chi connectivity index (χ0) is 18.9. The molecule has 0 aliphatic heterocycles. The molecule has 0 aliphatic rings. The molecule has 3 N–H and O–H groups in total. The Labute approximate surface area is 160 Å². The highest BCUT2D eigenvalue weighted by atomic mass is 79.9. The fraction of sp³-hybridized carbons (Fsp3) is 0.211. The van der Waals surface area contributed by atoms with Crippen molar-refractivity contribution in [1.82, 2.24) is 10.6 Å². The Morgan fingerprint density at radius 3 is 1.96 bits per heavy atom. The first-order valence-electron chi connectivity index (χ1n) is 8.21. The first kappa shape index (κ1) is 19.7. The molecule has 2 aromatic carbocycles. The van der Waals surface area contributed by atoms with E-state index in [-0.39, 0.29) is 30.7 Å². The van der Waals surface area contributed by atoms with Crippen LogP contribution in [0.5, 0.6) is 0 Å². The lowest BCUT2D eigenvalue weighted by Gasteiger charge is -2.08. The van der Waals surface area contributed by atoms with Crippen molar-refractivity contribution in [2.75, 3.05) is 18.4 Å². The number of nitrogens with one attached hydrogen (secondary N) is 3. The van der Waals surface area contributed by atoms with Gasteiger partial charge in [0, 0.05) is 40.8 Å². The molecule has 0 saturated heterocycles. The van der Waals surface area contributed by atoms with Crippen molar-refractivity contribution < 1.29 is 14.4 Å². The highest BCUT2D eigenvalue weighted by Gasteiger charge is 2.08. The molecule has 3 amide bonds. The van der Waals surface area contributed by atoms with E-state index in [0.717, 1.165) is 4.47 Å². The molecule has 0 radical (unpaired) electrons. The molecule has 0 heterocycles. The van der Waals surface area contributed by atoms with Gasteiger partial charge >= 0.3 is 0 Å². The molecular weight excluding hydrogens is 398 g/mol. The molecule has 0 unspecified atom stereocenters. The smallest absolute Gasteiger partial charge is 0.251 e. The van der Waals surface area contributed by atoms with Crippen LogP contribution in [-0.2, 0) is 4.79 Å². The minimum Gasteiger partial charge on any atom is -0.352 e. The summed E-state index contributed by atoms with van der Waals surface area (Å²) >= 11 is 3.31. The van der Waals surface area contributed by atoms with Gasteiger partial charge in [-0.25, -0.2) is 0 Å². The van der Waals surface area contributed by atoms with E-state index in [9.17, 15) is 14.4 Å². The van der Waals surface area contributed by atoms with Crippen molar-refractivity contribution in [3.8, 4) is 0 Å². The third-order valence-electron chi connectivity index (χ3n) is 3.51. The van der Waals surface area contributed by atoms with Crippen LogP contribution in [0.25, 0.3) is 0 Å². The molecule has 0 atom stereocenters. The van der Waals surface area contributed by atoms with Gasteiger partial charge in [0.2, 0.25) is 5.91 Å². The third kappa shape index (κ3) is 6.00. The molecule has 0 bridgehead atoms. The minimum absolute atomic E-state index is 0.152. The summed E-state index contributed by atoms with van der Waals surface area (Å²) in [6, 6.07) is 13.6. The van der Waals surface area contributed by atoms with Crippen molar-refractivity contribution in [3.63, 3.8) is 0 Å². The quantitative estimate of drug-likeness (QED) is 0.646. The Balaban J connectivity index is 1.77. The second kappa shape index (κ2) is 9.72. The zero-order valence-electron chi connectivity index (χ0n) is 14.3. The maximum absolute atomic E-state index is 12.0. The van der Waals surface area contributed by atoms with Crippen LogP contribution in [0.2, 0.25) is 0 Å². The molecule has 136 valence electrons. The second-order valence-corrected chi connectivity index (χ2v) is 6.41. The number of rotatable bonds is 7. The average molecular weight is 418 g/mol. The van der Waals surface area contributed by atoms with Gasteiger partial charge in [-0.15, -0.1) is 0 Å². The van der Waals surface area contributed by atoms with Gasteiger partial charge in [0.05, 0.1) is 0 Å². The highest BCUT2D eigenvalue weighted by Crippen LogP contribution is 2.11. The molecule has 7 heteroatoms. The van der Waals surface area contributed by atoms with Crippen molar-refractivity contribution in [2.45, 2.75) is 13.3 Å². The monoisotopic (exact) mass is 417 g/mol. The van der Waals surface area contributed by atoms with E-state index < -0.39 is 0 Å². The molecule has 6 nitrogen and oxygen atoms in total. The first-order chi connectivity index (χ1) is 12.5. The summed E-state index contributed by atoms with van der Waals surface area (Å²) in [5, 5.41) is 8.15. The van der Waals surface area contributed by atoms with Crippen LogP contribution in [0.3, 0.4) is 0 Å². The van der Waals surface area contributed by atoms with Gasteiger partial charge in [0.25, 0.3) is 11.8 Å². The summed E-state index contributed by atoms with van der Waals surface area (Å²) in [4.78, 5) is 35.6. The van der Waals surface area contributed by atoms with E-state index in [1.807, 2.05) is 6.92 Å². The van der Waals surface area contributed by atoms with Crippen molar-refractivity contribution >= 4 is 39.3 Å². The largest absolute Gasteiger partial charge is 0.352 e. The summed E-state index contributed by atoms with van der Waals surface area (Å²) in [5.41, 5.74) is 1.67. The fourth-order valence-electron chi connectivity index (χ4n) is 2.18. The predicted molar refractivity (Wildman–Crippen MR) is 104 cm³/mol. The average Bonchev–Trinajstić information content (AvgIpc) is 2.63. The normalized spacial score (nSPS) is 10.1. The molecule has 0 spiro atoms. The lowest BCUT2D eigenvalue weighted by atomic mass is 10.2. The van der Waals surface area contributed by atoms with Crippen molar-refractivity contribution in [2.24, 2.45) is 0 Å². The van der Waals surface area contributed by atoms with Crippen LogP contribution >= 0.6 is 15.9 Å². The zero-order valence-corrected chi connectivity index (χ0v) is 15.9. The molecule has 2 aromatic rings. The minimum atomic E-state index is -0.225. The molecule has 0 fully saturated rings. The predicted octanol–water partition coefficient (Wildman–Crippen LogP) is 2.96. The Bertz CT molecular complexity index is 774. The molecular formula is C19H20BrN3O3. The molecule has 26 heavy (non-hydrogen) atoms. The third-order valence-corrected chi connectivity index (χ3v) is 4.04. The molecule has 0 aliphatic carbocycles. The molecule has 0 saturated carbocycles. The Morgan fingerprint density at radius 2 is 1.38 bits per heavy atom. The second-order valence-electron chi connectivity index (χ2n) is 5.50. The summed E-state index contributed by atoms with van der Waals surface area (Å²) in [6.07, 6.45) is 0.153. The maximum Gasteiger partial charge on any atom is 0.251 e. The van der Waals surface area contributed by atoms with E-state index in [1.54, 1.807) is 48.5 Å². The van der Waals surface area contributed by atoms with E-state index in [4.69, 9.17) is 0 Å². The number of anilines is 1. The SMILES string of the molecule is CCNC(=O)c1ccc(NC(=O)CCNC(=O)c2ccc(Br)cc2)cc1. The number of carbonyl (C=O) groups excluding carboxylic acids is 3. The van der Waals surface area contributed by atoms with E-state index in [0.29, 0.717) is 23.4 Å². The van der Waals surface area contributed by atoms with Gasteiger partial charge in [-0.05, 0) is 55.5 Å². The number of halogens is 1. The van der Waals surface area contributed by atoms with Gasteiger partial charge in [-0.3, -0.25) is 14.4 Å². The topological polar surface area (TPSA) is 87.3 Å².